The molecule has 0 aromatic carbocycles. The lowest BCUT2D eigenvalue weighted by Crippen LogP contribution is -2.23. The normalized spacial score (nSPS) is 12.9. The van der Waals surface area contributed by atoms with Gasteiger partial charge >= 0.3 is 0 Å². The van der Waals surface area contributed by atoms with Crippen molar-refractivity contribution in [2.45, 2.75) is 32.4 Å². The molecule has 0 amide bonds. The Labute approximate surface area is 99.6 Å². The Morgan fingerprint density at radius 2 is 2.29 bits per heavy atom. The maximum absolute atomic E-state index is 5.93. The third-order valence-electron chi connectivity index (χ3n) is 2.63. The zero-order chi connectivity index (χ0) is 12.3. The Balaban J connectivity index is 2.08. The van der Waals surface area contributed by atoms with Crippen molar-refractivity contribution >= 4 is 0 Å². The molecular weight excluding hydrogens is 218 g/mol. The molecule has 0 aliphatic heterocycles. The Bertz CT molecular complexity index is 472. The topological polar surface area (TPSA) is 87.4 Å². The fourth-order valence-electron chi connectivity index (χ4n) is 1.59. The summed E-state index contributed by atoms with van der Waals surface area (Å²) < 4.78 is 2.01. The van der Waals surface area contributed by atoms with Crippen molar-refractivity contribution in [3.05, 3.63) is 24.0 Å². The molecule has 17 heavy (non-hydrogen) atoms. The van der Waals surface area contributed by atoms with E-state index in [0.717, 1.165) is 18.7 Å². The fourth-order valence-corrected chi connectivity index (χ4v) is 1.59. The van der Waals surface area contributed by atoms with Gasteiger partial charge in [-0.05, 0) is 11.6 Å². The Kier molecular flexibility index (Phi) is 3.48. The third-order valence-corrected chi connectivity index (χ3v) is 2.63. The van der Waals surface area contributed by atoms with Crippen molar-refractivity contribution < 1.29 is 0 Å². The summed E-state index contributed by atoms with van der Waals surface area (Å²) in [6.45, 7) is 2.65. The quantitative estimate of drug-likeness (QED) is 0.771. The molecule has 2 aromatic rings. The highest BCUT2D eigenvalue weighted by molar-refractivity contribution is 4.97. The van der Waals surface area contributed by atoms with Gasteiger partial charge in [-0.1, -0.05) is 6.92 Å². The van der Waals surface area contributed by atoms with Gasteiger partial charge in [0, 0.05) is 24.9 Å². The number of hydrogen-bond acceptors (Lipinski definition) is 5. The standard InChI is InChI=1S/C10H17N7/c1-3-8(11)6-10-12-4-5-17(10)7-9-13-15-16(2)14-9/h4-5,8H,3,6-7,11H2,1-2H3. The summed E-state index contributed by atoms with van der Waals surface area (Å²) in [4.78, 5) is 5.76. The monoisotopic (exact) mass is 235 g/mol. The van der Waals surface area contributed by atoms with Gasteiger partial charge < -0.3 is 10.3 Å². The first-order valence-corrected chi connectivity index (χ1v) is 5.67. The molecule has 7 nitrogen and oxygen atoms in total. The Hall–Kier alpha value is -1.76. The van der Waals surface area contributed by atoms with E-state index < -0.39 is 0 Å². The average molecular weight is 235 g/mol. The number of tetrazole rings is 1. The molecule has 1 atom stereocenters. The van der Waals surface area contributed by atoms with E-state index in [0.29, 0.717) is 12.4 Å². The second kappa shape index (κ2) is 5.05. The number of imidazole rings is 1. The largest absolute Gasteiger partial charge is 0.327 e. The van der Waals surface area contributed by atoms with Crippen molar-refractivity contribution in [2.24, 2.45) is 12.8 Å². The van der Waals surface area contributed by atoms with Crippen molar-refractivity contribution in [1.82, 2.24) is 29.8 Å². The molecule has 0 saturated carbocycles. The van der Waals surface area contributed by atoms with Crippen molar-refractivity contribution in [2.75, 3.05) is 0 Å². The van der Waals surface area contributed by atoms with E-state index in [1.807, 2.05) is 10.8 Å². The summed E-state index contributed by atoms with van der Waals surface area (Å²) in [5.74, 6) is 1.64. The van der Waals surface area contributed by atoms with E-state index in [4.69, 9.17) is 5.73 Å². The van der Waals surface area contributed by atoms with Crippen LogP contribution in [0.1, 0.15) is 25.0 Å². The predicted molar refractivity (Wildman–Crippen MR) is 62.1 cm³/mol. The van der Waals surface area contributed by atoms with Gasteiger partial charge in [-0.15, -0.1) is 10.2 Å². The van der Waals surface area contributed by atoms with Crippen molar-refractivity contribution in [1.29, 1.82) is 0 Å². The third kappa shape index (κ3) is 2.88. The predicted octanol–water partition coefficient (Wildman–Crippen LogP) is -0.265. The van der Waals surface area contributed by atoms with E-state index in [9.17, 15) is 0 Å². The lowest BCUT2D eigenvalue weighted by atomic mass is 10.1. The minimum Gasteiger partial charge on any atom is -0.327 e. The average Bonchev–Trinajstić information content (AvgIpc) is 2.89. The molecule has 2 rings (SSSR count). The van der Waals surface area contributed by atoms with Crippen LogP contribution in [0.2, 0.25) is 0 Å². The van der Waals surface area contributed by atoms with Gasteiger partial charge in [0.25, 0.3) is 0 Å². The van der Waals surface area contributed by atoms with Crippen LogP contribution in [0.3, 0.4) is 0 Å². The first-order chi connectivity index (χ1) is 8.19. The van der Waals surface area contributed by atoms with Crippen LogP contribution in [0.15, 0.2) is 12.4 Å². The smallest absolute Gasteiger partial charge is 0.194 e. The lowest BCUT2D eigenvalue weighted by Gasteiger charge is -2.09. The van der Waals surface area contributed by atoms with E-state index in [1.54, 1.807) is 13.2 Å². The van der Waals surface area contributed by atoms with E-state index in [2.05, 4.69) is 27.3 Å². The summed E-state index contributed by atoms with van der Waals surface area (Å²) in [6.07, 6.45) is 5.39. The van der Waals surface area contributed by atoms with Crippen LogP contribution in [0, 0.1) is 0 Å². The minimum atomic E-state index is 0.144. The first-order valence-electron chi connectivity index (χ1n) is 5.67. The number of rotatable bonds is 5. The number of nitrogens with zero attached hydrogens (tertiary/aromatic N) is 6. The zero-order valence-electron chi connectivity index (χ0n) is 10.1. The molecule has 0 radical (unpaired) electrons. The van der Waals surface area contributed by atoms with Gasteiger partial charge in [0.15, 0.2) is 5.82 Å². The molecule has 92 valence electrons. The number of aromatic nitrogens is 6. The van der Waals surface area contributed by atoms with Gasteiger partial charge in [-0.25, -0.2) is 4.98 Å². The van der Waals surface area contributed by atoms with E-state index in [1.165, 1.54) is 4.80 Å². The Morgan fingerprint density at radius 1 is 1.47 bits per heavy atom. The van der Waals surface area contributed by atoms with E-state index in [-0.39, 0.29) is 6.04 Å². The van der Waals surface area contributed by atoms with Gasteiger partial charge in [0.2, 0.25) is 0 Å². The number of nitrogens with two attached hydrogens (primary N) is 1. The molecule has 0 spiro atoms. The number of aryl methyl sites for hydroxylation is 1. The first kappa shape index (κ1) is 11.7. The molecule has 0 aliphatic rings. The fraction of sp³-hybridized carbons (Fsp3) is 0.600. The number of hydrogen-bond donors (Lipinski definition) is 1. The highest BCUT2D eigenvalue weighted by Gasteiger charge is 2.09. The van der Waals surface area contributed by atoms with Crippen LogP contribution in [0.5, 0.6) is 0 Å². The molecule has 0 saturated heterocycles. The molecule has 0 fully saturated rings. The summed E-state index contributed by atoms with van der Waals surface area (Å²) >= 11 is 0. The minimum absolute atomic E-state index is 0.144. The second-order valence-corrected chi connectivity index (χ2v) is 4.04. The zero-order valence-corrected chi connectivity index (χ0v) is 10.1. The summed E-state index contributed by atoms with van der Waals surface area (Å²) in [6, 6.07) is 0.144. The molecule has 0 aliphatic carbocycles. The maximum Gasteiger partial charge on any atom is 0.194 e. The van der Waals surface area contributed by atoms with Crippen LogP contribution in [0.25, 0.3) is 0 Å². The van der Waals surface area contributed by atoms with Crippen LogP contribution in [-0.2, 0) is 20.0 Å². The summed E-state index contributed by atoms with van der Waals surface area (Å²) in [5, 5.41) is 11.9. The molecular formula is C10H17N7. The van der Waals surface area contributed by atoms with Gasteiger partial charge in [-0.3, -0.25) is 0 Å². The highest BCUT2D eigenvalue weighted by Crippen LogP contribution is 2.04. The lowest BCUT2D eigenvalue weighted by molar-refractivity contribution is 0.588. The molecule has 0 bridgehead atoms. The van der Waals surface area contributed by atoms with Crippen molar-refractivity contribution in [3.63, 3.8) is 0 Å². The van der Waals surface area contributed by atoms with Gasteiger partial charge in [0.05, 0.1) is 13.6 Å². The van der Waals surface area contributed by atoms with Crippen molar-refractivity contribution in [3.8, 4) is 0 Å². The maximum atomic E-state index is 5.93. The molecule has 1 unspecified atom stereocenters. The van der Waals surface area contributed by atoms with Crippen LogP contribution in [0.4, 0.5) is 0 Å². The molecule has 2 heterocycles. The molecule has 7 heteroatoms. The molecule has 2 aromatic heterocycles. The Morgan fingerprint density at radius 3 is 2.94 bits per heavy atom. The summed E-state index contributed by atoms with van der Waals surface area (Å²) in [7, 11) is 1.75. The van der Waals surface area contributed by atoms with Gasteiger partial charge in [-0.2, -0.15) is 4.80 Å². The van der Waals surface area contributed by atoms with E-state index >= 15 is 0 Å². The van der Waals surface area contributed by atoms with Crippen LogP contribution < -0.4 is 5.73 Å². The second-order valence-electron chi connectivity index (χ2n) is 4.04. The van der Waals surface area contributed by atoms with Crippen LogP contribution >= 0.6 is 0 Å². The summed E-state index contributed by atoms with van der Waals surface area (Å²) in [5.41, 5.74) is 5.93. The SMILES string of the molecule is CCC(N)Cc1nccn1Cc1nnn(C)n1. The van der Waals surface area contributed by atoms with Gasteiger partial charge in [0.1, 0.15) is 5.82 Å². The molecule has 2 N–H and O–H groups in total. The van der Waals surface area contributed by atoms with Crippen LogP contribution in [-0.4, -0.2) is 35.8 Å². The highest BCUT2D eigenvalue weighted by atomic mass is 15.6.